The average Bonchev–Trinajstić information content (AvgIpc) is 2.21. The van der Waals surface area contributed by atoms with Gasteiger partial charge >= 0.3 is 12.1 Å². The van der Waals surface area contributed by atoms with Gasteiger partial charge in [0, 0.05) is 0 Å². The Labute approximate surface area is 102 Å². The first-order chi connectivity index (χ1) is 8.26. The van der Waals surface area contributed by atoms with Crippen molar-refractivity contribution < 1.29 is 32.6 Å². The molecule has 1 amide bonds. The molecule has 0 fully saturated rings. The molecule has 0 bridgehead atoms. The smallest absolute Gasteiger partial charge is 0.411 e. The highest BCUT2D eigenvalue weighted by molar-refractivity contribution is 5.84. The van der Waals surface area contributed by atoms with Crippen LogP contribution in [-0.2, 0) is 14.3 Å². The van der Waals surface area contributed by atoms with Gasteiger partial charge in [-0.1, -0.05) is 6.08 Å². The zero-order valence-electron chi connectivity index (χ0n) is 9.50. The molecule has 1 unspecified atom stereocenters. The summed E-state index contributed by atoms with van der Waals surface area (Å²) in [5.74, 6) is -2.17. The minimum atomic E-state index is -4.52. The maximum Gasteiger partial charge on any atom is 0.411 e. The summed E-state index contributed by atoms with van der Waals surface area (Å²) in [6, 6.07) is -1.16. The van der Waals surface area contributed by atoms with E-state index in [9.17, 15) is 22.8 Å². The minimum Gasteiger partial charge on any atom is -0.480 e. The van der Waals surface area contributed by atoms with Crippen molar-refractivity contribution in [3.63, 3.8) is 0 Å². The second-order valence-corrected chi connectivity index (χ2v) is 3.43. The Hall–Kier alpha value is -1.57. The summed E-state index contributed by atoms with van der Waals surface area (Å²) >= 11 is 0. The fourth-order valence-electron chi connectivity index (χ4n) is 1.04. The molecule has 0 aromatic heterocycles. The highest BCUT2D eigenvalue weighted by Gasteiger charge is 2.28. The number of aliphatic carboxylic acids is 1. The van der Waals surface area contributed by atoms with E-state index in [2.05, 4.69) is 16.6 Å². The van der Waals surface area contributed by atoms with E-state index >= 15 is 0 Å². The van der Waals surface area contributed by atoms with Crippen molar-refractivity contribution in [3.8, 4) is 0 Å². The van der Waals surface area contributed by atoms with Crippen LogP contribution in [-0.4, -0.2) is 42.4 Å². The predicted octanol–water partition coefficient (Wildman–Crippen LogP) is 1.10. The fraction of sp³-hybridized carbons (Fsp3) is 0.600. The second-order valence-electron chi connectivity index (χ2n) is 3.43. The van der Waals surface area contributed by atoms with Crippen molar-refractivity contribution in [2.24, 2.45) is 0 Å². The summed E-state index contributed by atoms with van der Waals surface area (Å²) in [4.78, 5) is 21.8. The van der Waals surface area contributed by atoms with Gasteiger partial charge in [0.15, 0.2) is 0 Å². The number of carboxylic acid groups (broad SMARTS) is 1. The lowest BCUT2D eigenvalue weighted by Gasteiger charge is -2.14. The third-order valence-corrected chi connectivity index (χ3v) is 1.79. The number of hydrogen-bond acceptors (Lipinski definition) is 3. The molecule has 0 heterocycles. The normalized spacial score (nSPS) is 12.8. The molecular formula is C10H14F3NO4. The first-order valence-corrected chi connectivity index (χ1v) is 5.04. The fourth-order valence-corrected chi connectivity index (χ4v) is 1.04. The van der Waals surface area contributed by atoms with E-state index in [1.165, 1.54) is 6.08 Å². The van der Waals surface area contributed by atoms with Crippen molar-refractivity contribution in [1.29, 1.82) is 0 Å². The number of allylic oxidation sites excluding steroid dienone is 1. The predicted molar refractivity (Wildman–Crippen MR) is 55.9 cm³/mol. The number of amides is 1. The van der Waals surface area contributed by atoms with E-state index in [-0.39, 0.29) is 6.42 Å². The standard InChI is InChI=1S/C10H14F3NO4/c1-2-3-4-7(9(16)17)14-8(15)5-18-6-10(11,12)13/h2,7H,1,3-6H2,(H,14,15)(H,16,17). The highest BCUT2D eigenvalue weighted by atomic mass is 19.4. The van der Waals surface area contributed by atoms with Crippen LogP contribution in [0.1, 0.15) is 12.8 Å². The maximum atomic E-state index is 11.7. The van der Waals surface area contributed by atoms with Gasteiger partial charge in [0.25, 0.3) is 0 Å². The molecule has 0 saturated heterocycles. The molecule has 0 rings (SSSR count). The lowest BCUT2D eigenvalue weighted by atomic mass is 10.1. The van der Waals surface area contributed by atoms with Gasteiger partial charge in [0.1, 0.15) is 19.3 Å². The number of carbonyl (C=O) groups is 2. The number of halogens is 3. The van der Waals surface area contributed by atoms with E-state index in [0.717, 1.165) is 0 Å². The lowest BCUT2D eigenvalue weighted by molar-refractivity contribution is -0.176. The van der Waals surface area contributed by atoms with Gasteiger partial charge < -0.3 is 15.2 Å². The topological polar surface area (TPSA) is 75.6 Å². The van der Waals surface area contributed by atoms with E-state index < -0.39 is 37.3 Å². The number of alkyl halides is 3. The van der Waals surface area contributed by atoms with Crippen LogP contribution in [0.3, 0.4) is 0 Å². The Morgan fingerprint density at radius 1 is 1.44 bits per heavy atom. The van der Waals surface area contributed by atoms with Crippen LogP contribution >= 0.6 is 0 Å². The number of carboxylic acids is 1. The maximum absolute atomic E-state index is 11.7. The summed E-state index contributed by atoms with van der Waals surface area (Å²) < 4.78 is 39.2. The van der Waals surface area contributed by atoms with Gasteiger partial charge in [-0.2, -0.15) is 13.2 Å². The Balaban J connectivity index is 4.02. The van der Waals surface area contributed by atoms with E-state index in [1.807, 2.05) is 0 Å². The molecule has 0 aromatic carbocycles. The van der Waals surface area contributed by atoms with Crippen LogP contribution in [0.15, 0.2) is 12.7 Å². The van der Waals surface area contributed by atoms with Crippen LogP contribution in [0.2, 0.25) is 0 Å². The number of carbonyl (C=O) groups excluding carboxylic acids is 1. The number of hydrogen-bond donors (Lipinski definition) is 2. The molecule has 0 saturated carbocycles. The Kier molecular flexibility index (Phi) is 7.03. The largest absolute Gasteiger partial charge is 0.480 e. The van der Waals surface area contributed by atoms with Crippen molar-refractivity contribution in [2.75, 3.05) is 13.2 Å². The summed E-state index contributed by atoms with van der Waals surface area (Å²) in [6.45, 7) is 1.01. The molecule has 0 spiro atoms. The Morgan fingerprint density at radius 2 is 2.06 bits per heavy atom. The number of rotatable bonds is 8. The SMILES string of the molecule is C=CCCC(NC(=O)COCC(F)(F)F)C(=O)O. The van der Waals surface area contributed by atoms with E-state index in [1.54, 1.807) is 0 Å². The summed E-state index contributed by atoms with van der Waals surface area (Å²) in [6.07, 6.45) is -2.57. The Bertz CT molecular complexity index is 304. The molecule has 0 radical (unpaired) electrons. The zero-order chi connectivity index (χ0) is 14.2. The number of nitrogens with one attached hydrogen (secondary N) is 1. The summed E-state index contributed by atoms with van der Waals surface area (Å²) in [5.41, 5.74) is 0. The van der Waals surface area contributed by atoms with Crippen LogP contribution in [0, 0.1) is 0 Å². The first kappa shape index (κ1) is 16.4. The molecule has 1 atom stereocenters. The highest BCUT2D eigenvalue weighted by Crippen LogP contribution is 2.14. The molecule has 0 aromatic rings. The minimum absolute atomic E-state index is 0.115. The van der Waals surface area contributed by atoms with Crippen molar-refractivity contribution >= 4 is 11.9 Å². The summed E-state index contributed by atoms with van der Waals surface area (Å²) in [5, 5.41) is 10.8. The lowest BCUT2D eigenvalue weighted by Crippen LogP contribution is -2.42. The van der Waals surface area contributed by atoms with Gasteiger partial charge in [-0.25, -0.2) is 4.79 Å². The van der Waals surface area contributed by atoms with Crippen LogP contribution in [0.5, 0.6) is 0 Å². The summed E-state index contributed by atoms with van der Waals surface area (Å²) in [7, 11) is 0. The molecule has 8 heteroatoms. The molecule has 2 N–H and O–H groups in total. The van der Waals surface area contributed by atoms with Crippen molar-refractivity contribution in [1.82, 2.24) is 5.32 Å². The Morgan fingerprint density at radius 3 is 2.50 bits per heavy atom. The number of ether oxygens (including phenoxy) is 1. The van der Waals surface area contributed by atoms with Crippen LogP contribution < -0.4 is 5.32 Å². The zero-order valence-corrected chi connectivity index (χ0v) is 9.50. The second kappa shape index (κ2) is 7.70. The molecule has 18 heavy (non-hydrogen) atoms. The molecule has 5 nitrogen and oxygen atoms in total. The molecule has 0 aliphatic carbocycles. The van der Waals surface area contributed by atoms with Crippen LogP contribution in [0.4, 0.5) is 13.2 Å². The van der Waals surface area contributed by atoms with Crippen LogP contribution in [0.25, 0.3) is 0 Å². The molecule has 0 aliphatic heterocycles. The molecular weight excluding hydrogens is 255 g/mol. The van der Waals surface area contributed by atoms with Crippen molar-refractivity contribution in [3.05, 3.63) is 12.7 Å². The van der Waals surface area contributed by atoms with E-state index in [4.69, 9.17) is 5.11 Å². The van der Waals surface area contributed by atoms with Crippen molar-refractivity contribution in [2.45, 2.75) is 25.1 Å². The van der Waals surface area contributed by atoms with Gasteiger partial charge in [-0.15, -0.1) is 6.58 Å². The monoisotopic (exact) mass is 269 g/mol. The molecule has 0 aliphatic rings. The van der Waals surface area contributed by atoms with Gasteiger partial charge in [0.05, 0.1) is 0 Å². The molecule has 104 valence electrons. The third kappa shape index (κ3) is 8.57. The van der Waals surface area contributed by atoms with Gasteiger partial charge in [-0.3, -0.25) is 4.79 Å². The van der Waals surface area contributed by atoms with Gasteiger partial charge in [-0.05, 0) is 12.8 Å². The quantitative estimate of drug-likeness (QED) is 0.647. The van der Waals surface area contributed by atoms with Gasteiger partial charge in [0.2, 0.25) is 5.91 Å². The van der Waals surface area contributed by atoms with E-state index in [0.29, 0.717) is 6.42 Å². The first-order valence-electron chi connectivity index (χ1n) is 5.04. The average molecular weight is 269 g/mol. The third-order valence-electron chi connectivity index (χ3n) is 1.79.